The zero-order valence-electron chi connectivity index (χ0n) is 27.9. The molecule has 0 amide bonds. The molecule has 0 radical (unpaired) electrons. The van der Waals surface area contributed by atoms with E-state index in [4.69, 9.17) is 14.2 Å². The molecular weight excluding hydrogens is 532 g/mol. The minimum atomic E-state index is -0.439. The molecule has 10 unspecified atom stereocenters. The predicted molar refractivity (Wildman–Crippen MR) is 170 cm³/mol. The van der Waals surface area contributed by atoms with E-state index in [9.17, 15) is 4.79 Å². The van der Waals surface area contributed by atoms with Gasteiger partial charge in [0.15, 0.2) is 5.79 Å². The van der Waals surface area contributed by atoms with E-state index < -0.39 is 5.79 Å². The molecule has 1 aromatic rings. The standard InChI is InChI=1S/C39H56O4/c1-35(2)20-31-27-12-13-33-37(5,17-14-30-28-24-42-36(3,4)43-32(28)16-19-38(30,33)6)29(27)15-18-39(31,7)34(21-35)41-23-26-10-8-25(22-40)9-11-26/h8-12,22,28-34H,13-21,23-24H2,1-7H3. The molecule has 236 valence electrons. The SMILES string of the molecule is CC1(C)CC(OCc2ccc(C=O)cc2)C2(C)CCC3C(=CCC4C3(C)CCC3C5COC(C)(C)OC5CCC34C)C2C1. The summed E-state index contributed by atoms with van der Waals surface area (Å²) in [6, 6.07) is 7.92. The fraction of sp³-hybridized carbons (Fsp3) is 0.769. The summed E-state index contributed by atoms with van der Waals surface area (Å²) in [7, 11) is 0. The van der Waals surface area contributed by atoms with Crippen molar-refractivity contribution >= 4 is 6.29 Å². The van der Waals surface area contributed by atoms with Gasteiger partial charge in [0.1, 0.15) is 6.29 Å². The second-order valence-corrected chi connectivity index (χ2v) is 17.6. The van der Waals surface area contributed by atoms with Gasteiger partial charge in [0.25, 0.3) is 0 Å². The highest BCUT2D eigenvalue weighted by Crippen LogP contribution is 2.71. The smallest absolute Gasteiger partial charge is 0.163 e. The predicted octanol–water partition coefficient (Wildman–Crippen LogP) is 9.17. The first-order valence-corrected chi connectivity index (χ1v) is 17.5. The van der Waals surface area contributed by atoms with Crippen LogP contribution in [0.4, 0.5) is 0 Å². The van der Waals surface area contributed by atoms with Crippen LogP contribution < -0.4 is 0 Å². The van der Waals surface area contributed by atoms with Crippen molar-refractivity contribution in [2.75, 3.05) is 6.61 Å². The average Bonchev–Trinajstić information content (AvgIpc) is 2.95. The van der Waals surface area contributed by atoms with Crippen molar-refractivity contribution < 1.29 is 19.0 Å². The molecule has 0 spiro atoms. The van der Waals surface area contributed by atoms with Crippen molar-refractivity contribution in [1.82, 2.24) is 0 Å². The third kappa shape index (κ3) is 4.83. The van der Waals surface area contributed by atoms with Crippen LogP contribution in [0.2, 0.25) is 0 Å². The molecule has 0 bridgehead atoms. The number of hydrogen-bond acceptors (Lipinski definition) is 4. The Morgan fingerprint density at radius 3 is 2.33 bits per heavy atom. The molecule has 4 nitrogen and oxygen atoms in total. The Labute approximate surface area is 260 Å². The minimum Gasteiger partial charge on any atom is -0.373 e. The van der Waals surface area contributed by atoms with E-state index in [2.05, 4.69) is 66.7 Å². The van der Waals surface area contributed by atoms with Gasteiger partial charge >= 0.3 is 0 Å². The molecule has 0 aromatic heterocycles. The topological polar surface area (TPSA) is 44.8 Å². The molecule has 1 aromatic carbocycles. The van der Waals surface area contributed by atoms with Crippen LogP contribution in [0, 0.1) is 51.2 Å². The Balaban J connectivity index is 1.15. The van der Waals surface area contributed by atoms with Gasteiger partial charge in [-0.05, 0) is 117 Å². The molecule has 1 saturated heterocycles. The lowest BCUT2D eigenvalue weighted by Gasteiger charge is -2.68. The molecule has 10 atom stereocenters. The van der Waals surface area contributed by atoms with E-state index in [-0.39, 0.29) is 16.9 Å². The maximum atomic E-state index is 11.1. The molecule has 1 heterocycles. The van der Waals surface area contributed by atoms with Gasteiger partial charge in [-0.3, -0.25) is 4.79 Å². The number of carbonyl (C=O) groups is 1. The lowest BCUT2D eigenvalue weighted by molar-refractivity contribution is -0.321. The fourth-order valence-corrected chi connectivity index (χ4v) is 11.9. The van der Waals surface area contributed by atoms with E-state index in [0.717, 1.165) is 36.4 Å². The summed E-state index contributed by atoms with van der Waals surface area (Å²) < 4.78 is 19.7. The molecule has 7 rings (SSSR count). The van der Waals surface area contributed by atoms with E-state index in [1.165, 1.54) is 51.4 Å². The largest absolute Gasteiger partial charge is 0.373 e. The molecule has 5 fully saturated rings. The molecular formula is C39H56O4. The minimum absolute atomic E-state index is 0.173. The van der Waals surface area contributed by atoms with Gasteiger partial charge in [-0.25, -0.2) is 0 Å². The fourth-order valence-electron chi connectivity index (χ4n) is 11.9. The third-order valence-electron chi connectivity index (χ3n) is 14.2. The van der Waals surface area contributed by atoms with E-state index >= 15 is 0 Å². The van der Waals surface area contributed by atoms with Crippen LogP contribution in [0.15, 0.2) is 35.9 Å². The van der Waals surface area contributed by atoms with Crippen LogP contribution in [0.25, 0.3) is 0 Å². The van der Waals surface area contributed by atoms with Crippen molar-refractivity contribution in [3.63, 3.8) is 0 Å². The number of carbonyl (C=O) groups excluding carboxylic acids is 1. The number of allylic oxidation sites excluding steroid dienone is 2. The Kier molecular flexibility index (Phi) is 7.20. The molecule has 1 aliphatic heterocycles. The van der Waals surface area contributed by atoms with E-state index in [1.807, 2.05) is 12.1 Å². The first-order valence-electron chi connectivity index (χ1n) is 17.5. The molecule has 4 saturated carbocycles. The van der Waals surface area contributed by atoms with Crippen LogP contribution in [0.3, 0.4) is 0 Å². The molecule has 0 N–H and O–H groups in total. The summed E-state index contributed by atoms with van der Waals surface area (Å²) in [5.41, 5.74) is 4.85. The number of aldehydes is 1. The monoisotopic (exact) mass is 588 g/mol. The van der Waals surface area contributed by atoms with Crippen LogP contribution >= 0.6 is 0 Å². The number of ether oxygens (including phenoxy) is 3. The van der Waals surface area contributed by atoms with Gasteiger partial charge in [-0.1, -0.05) is 70.5 Å². The van der Waals surface area contributed by atoms with E-state index in [1.54, 1.807) is 5.57 Å². The zero-order chi connectivity index (χ0) is 30.4. The van der Waals surface area contributed by atoms with Crippen LogP contribution in [-0.4, -0.2) is 30.9 Å². The second-order valence-electron chi connectivity index (χ2n) is 17.6. The maximum Gasteiger partial charge on any atom is 0.163 e. The van der Waals surface area contributed by atoms with Crippen LogP contribution in [0.1, 0.15) is 122 Å². The number of benzene rings is 1. The van der Waals surface area contributed by atoms with Gasteiger partial charge < -0.3 is 14.2 Å². The maximum absolute atomic E-state index is 11.1. The summed E-state index contributed by atoms with van der Waals surface area (Å²) in [5, 5.41) is 0. The number of hydrogen-bond donors (Lipinski definition) is 0. The lowest BCUT2D eigenvalue weighted by atomic mass is 9.38. The summed E-state index contributed by atoms with van der Waals surface area (Å²) in [4.78, 5) is 11.1. The Hall–Kier alpha value is -1.49. The summed E-state index contributed by atoms with van der Waals surface area (Å²) in [6.45, 7) is 18.5. The van der Waals surface area contributed by atoms with Gasteiger partial charge in [0, 0.05) is 16.9 Å². The number of fused-ring (bicyclic) bond motifs is 9. The van der Waals surface area contributed by atoms with Crippen LogP contribution in [0.5, 0.6) is 0 Å². The first-order chi connectivity index (χ1) is 20.3. The van der Waals surface area contributed by atoms with Gasteiger partial charge in [0.05, 0.1) is 25.4 Å². The summed E-state index contributed by atoms with van der Waals surface area (Å²) in [5.74, 6) is 2.85. The average molecular weight is 589 g/mol. The van der Waals surface area contributed by atoms with Crippen molar-refractivity contribution in [3.05, 3.63) is 47.0 Å². The van der Waals surface area contributed by atoms with Crippen molar-refractivity contribution in [3.8, 4) is 0 Å². The Morgan fingerprint density at radius 2 is 1.58 bits per heavy atom. The van der Waals surface area contributed by atoms with Crippen molar-refractivity contribution in [1.29, 1.82) is 0 Å². The van der Waals surface area contributed by atoms with E-state index in [0.29, 0.717) is 47.2 Å². The van der Waals surface area contributed by atoms with Gasteiger partial charge in [-0.2, -0.15) is 0 Å². The van der Waals surface area contributed by atoms with Crippen molar-refractivity contribution in [2.45, 2.75) is 131 Å². The number of rotatable bonds is 4. The third-order valence-corrected chi connectivity index (χ3v) is 14.2. The molecule has 5 aliphatic carbocycles. The quantitative estimate of drug-likeness (QED) is 0.260. The van der Waals surface area contributed by atoms with Gasteiger partial charge in [0.2, 0.25) is 0 Å². The Morgan fingerprint density at radius 1 is 0.860 bits per heavy atom. The summed E-state index contributed by atoms with van der Waals surface area (Å²) >= 11 is 0. The highest BCUT2D eigenvalue weighted by molar-refractivity contribution is 5.74. The van der Waals surface area contributed by atoms with Crippen LogP contribution in [-0.2, 0) is 20.8 Å². The first kappa shape index (κ1) is 30.2. The summed E-state index contributed by atoms with van der Waals surface area (Å²) in [6.07, 6.45) is 15.6. The molecule has 6 aliphatic rings. The highest BCUT2D eigenvalue weighted by atomic mass is 16.7. The highest BCUT2D eigenvalue weighted by Gasteiger charge is 2.65. The normalized spacial score (nSPS) is 46.2. The second kappa shape index (κ2) is 10.3. The zero-order valence-corrected chi connectivity index (χ0v) is 27.9. The van der Waals surface area contributed by atoms with Gasteiger partial charge in [-0.15, -0.1) is 0 Å². The Bertz CT molecular complexity index is 1260. The molecule has 4 heteroatoms. The molecule has 43 heavy (non-hydrogen) atoms. The van der Waals surface area contributed by atoms with Crippen molar-refractivity contribution in [2.24, 2.45) is 51.2 Å². The lowest BCUT2D eigenvalue weighted by Crippen LogP contribution is -2.63.